The van der Waals surface area contributed by atoms with E-state index < -0.39 is 0 Å². The van der Waals surface area contributed by atoms with Gasteiger partial charge in [-0.3, -0.25) is 4.79 Å². The highest BCUT2D eigenvalue weighted by atomic mass is 32.2. The Morgan fingerprint density at radius 3 is 3.16 bits per heavy atom. The Balaban J connectivity index is 1.76. The van der Waals surface area contributed by atoms with Crippen molar-refractivity contribution in [2.75, 3.05) is 0 Å². The first-order valence-corrected chi connectivity index (χ1v) is 7.66. The maximum absolute atomic E-state index is 11.8. The van der Waals surface area contributed by atoms with E-state index in [4.69, 9.17) is 4.42 Å². The van der Waals surface area contributed by atoms with Gasteiger partial charge in [-0.25, -0.2) is 4.98 Å². The van der Waals surface area contributed by atoms with Gasteiger partial charge in [0, 0.05) is 11.8 Å². The molecule has 0 spiro atoms. The van der Waals surface area contributed by atoms with Crippen molar-refractivity contribution in [3.05, 3.63) is 51.3 Å². The van der Waals surface area contributed by atoms with Gasteiger partial charge in [-0.2, -0.15) is 9.61 Å². The van der Waals surface area contributed by atoms with E-state index in [0.29, 0.717) is 10.7 Å². The maximum atomic E-state index is 11.8. The average molecular weight is 293 g/mol. The van der Waals surface area contributed by atoms with E-state index >= 15 is 0 Å². The van der Waals surface area contributed by atoms with E-state index in [0.717, 1.165) is 22.2 Å². The molecule has 0 saturated heterocycles. The van der Waals surface area contributed by atoms with Crippen LogP contribution in [0.3, 0.4) is 0 Å². The van der Waals surface area contributed by atoms with Crippen LogP contribution in [0.2, 0.25) is 0 Å². The standard InChI is InChI=1S/C12H11N3O2S2/c1-8-14-15-11(16)5-9(13-12(15)19-8)6-18-7-10-3-2-4-17-10/h2-5H,6-7H2,1H3. The van der Waals surface area contributed by atoms with E-state index in [1.807, 2.05) is 19.1 Å². The van der Waals surface area contributed by atoms with Gasteiger partial charge in [0.15, 0.2) is 0 Å². The molecule has 0 fully saturated rings. The Hall–Kier alpha value is -1.60. The van der Waals surface area contributed by atoms with Crippen molar-refractivity contribution < 1.29 is 4.42 Å². The fourth-order valence-corrected chi connectivity index (χ4v) is 3.27. The molecule has 0 aliphatic heterocycles. The van der Waals surface area contributed by atoms with Crippen LogP contribution in [-0.4, -0.2) is 14.6 Å². The van der Waals surface area contributed by atoms with Gasteiger partial charge in [-0.05, 0) is 19.1 Å². The second-order valence-electron chi connectivity index (χ2n) is 3.97. The van der Waals surface area contributed by atoms with Crippen molar-refractivity contribution >= 4 is 28.1 Å². The SMILES string of the molecule is Cc1nn2c(=O)cc(CSCc3ccco3)nc2s1. The minimum Gasteiger partial charge on any atom is -0.468 e. The molecule has 19 heavy (non-hydrogen) atoms. The molecule has 0 aliphatic carbocycles. The number of nitrogens with zero attached hydrogens (tertiary/aromatic N) is 3. The van der Waals surface area contributed by atoms with Crippen molar-refractivity contribution in [2.45, 2.75) is 18.4 Å². The summed E-state index contributed by atoms with van der Waals surface area (Å²) in [5, 5.41) is 4.95. The molecule has 7 heteroatoms. The van der Waals surface area contributed by atoms with Gasteiger partial charge in [-0.15, -0.1) is 11.8 Å². The Morgan fingerprint density at radius 1 is 1.47 bits per heavy atom. The molecule has 0 bridgehead atoms. The van der Waals surface area contributed by atoms with Crippen molar-refractivity contribution in [1.29, 1.82) is 0 Å². The van der Waals surface area contributed by atoms with Crippen LogP contribution in [0.1, 0.15) is 16.5 Å². The van der Waals surface area contributed by atoms with Crippen LogP contribution in [0, 0.1) is 6.92 Å². The zero-order valence-corrected chi connectivity index (χ0v) is 11.8. The van der Waals surface area contributed by atoms with Crippen LogP contribution in [0.25, 0.3) is 4.96 Å². The maximum Gasteiger partial charge on any atom is 0.275 e. The van der Waals surface area contributed by atoms with Crippen LogP contribution in [0.15, 0.2) is 33.7 Å². The number of fused-ring (bicyclic) bond motifs is 1. The quantitative estimate of drug-likeness (QED) is 0.739. The predicted octanol–water partition coefficient (Wildman–Crippen LogP) is 2.49. The highest BCUT2D eigenvalue weighted by molar-refractivity contribution is 7.97. The number of aryl methyl sites for hydroxylation is 1. The van der Waals surface area contributed by atoms with Gasteiger partial charge in [0.25, 0.3) is 5.56 Å². The summed E-state index contributed by atoms with van der Waals surface area (Å²) in [6, 6.07) is 5.35. The second kappa shape index (κ2) is 5.18. The van der Waals surface area contributed by atoms with E-state index in [9.17, 15) is 4.79 Å². The lowest BCUT2D eigenvalue weighted by atomic mass is 10.4. The number of hydrogen-bond acceptors (Lipinski definition) is 6. The fraction of sp³-hybridized carbons (Fsp3) is 0.250. The number of thioether (sulfide) groups is 1. The summed E-state index contributed by atoms with van der Waals surface area (Å²) in [4.78, 5) is 16.9. The van der Waals surface area contributed by atoms with Gasteiger partial charge in [0.05, 0.1) is 17.7 Å². The molecule has 3 aromatic rings. The Morgan fingerprint density at radius 2 is 2.37 bits per heavy atom. The third-order valence-electron chi connectivity index (χ3n) is 2.47. The van der Waals surface area contributed by atoms with E-state index in [-0.39, 0.29) is 5.56 Å². The summed E-state index contributed by atoms with van der Waals surface area (Å²) in [5.41, 5.74) is 0.660. The minimum atomic E-state index is -0.122. The second-order valence-corrected chi connectivity index (χ2v) is 6.12. The number of aromatic nitrogens is 3. The Bertz CT molecular complexity index is 746. The molecule has 0 unspecified atom stereocenters. The predicted molar refractivity (Wildman–Crippen MR) is 75.6 cm³/mol. The van der Waals surface area contributed by atoms with Gasteiger partial charge in [0.1, 0.15) is 10.8 Å². The van der Waals surface area contributed by atoms with Crippen molar-refractivity contribution in [1.82, 2.24) is 14.6 Å². The lowest BCUT2D eigenvalue weighted by Crippen LogP contribution is -2.15. The summed E-state index contributed by atoms with van der Waals surface area (Å²) in [5.74, 6) is 2.38. The van der Waals surface area contributed by atoms with Crippen LogP contribution in [0.5, 0.6) is 0 Å². The number of hydrogen-bond donors (Lipinski definition) is 0. The lowest BCUT2D eigenvalue weighted by Gasteiger charge is -1.99. The third-order valence-corrected chi connectivity index (χ3v) is 4.29. The van der Waals surface area contributed by atoms with Gasteiger partial charge < -0.3 is 4.42 Å². The highest BCUT2D eigenvalue weighted by Crippen LogP contribution is 2.17. The summed E-state index contributed by atoms with van der Waals surface area (Å²) in [7, 11) is 0. The van der Waals surface area contributed by atoms with Gasteiger partial charge in [-0.1, -0.05) is 11.3 Å². The van der Waals surface area contributed by atoms with Crippen LogP contribution in [-0.2, 0) is 11.5 Å². The van der Waals surface area contributed by atoms with E-state index in [1.165, 1.54) is 15.9 Å². The first-order valence-electron chi connectivity index (χ1n) is 5.69. The highest BCUT2D eigenvalue weighted by Gasteiger charge is 2.07. The lowest BCUT2D eigenvalue weighted by molar-refractivity contribution is 0.530. The van der Waals surface area contributed by atoms with Gasteiger partial charge >= 0.3 is 0 Å². The Kier molecular flexibility index (Phi) is 3.39. The van der Waals surface area contributed by atoms with Gasteiger partial charge in [0.2, 0.25) is 4.96 Å². The molecule has 3 rings (SSSR count). The summed E-state index contributed by atoms with van der Waals surface area (Å²) >= 11 is 3.09. The summed E-state index contributed by atoms with van der Waals surface area (Å²) in [6.45, 7) is 1.87. The monoisotopic (exact) mass is 293 g/mol. The van der Waals surface area contributed by atoms with E-state index in [2.05, 4.69) is 10.1 Å². The van der Waals surface area contributed by atoms with Crippen molar-refractivity contribution in [2.24, 2.45) is 0 Å². The molecule has 98 valence electrons. The molecular weight excluding hydrogens is 282 g/mol. The largest absolute Gasteiger partial charge is 0.468 e. The molecule has 0 amide bonds. The van der Waals surface area contributed by atoms with Crippen LogP contribution < -0.4 is 5.56 Å². The van der Waals surface area contributed by atoms with E-state index in [1.54, 1.807) is 24.1 Å². The molecule has 0 aromatic carbocycles. The third kappa shape index (κ3) is 2.71. The molecular formula is C12H11N3O2S2. The molecule has 5 nitrogen and oxygen atoms in total. The molecule has 0 radical (unpaired) electrons. The normalized spacial score (nSPS) is 11.2. The average Bonchev–Trinajstić information content (AvgIpc) is 2.98. The first-order chi connectivity index (χ1) is 9.22. The minimum absolute atomic E-state index is 0.122. The first kappa shape index (κ1) is 12.4. The zero-order chi connectivity index (χ0) is 13.2. The van der Waals surface area contributed by atoms with Crippen molar-refractivity contribution in [3.63, 3.8) is 0 Å². The molecule has 3 heterocycles. The molecule has 0 saturated carbocycles. The summed E-state index contributed by atoms with van der Waals surface area (Å²) < 4.78 is 6.60. The van der Waals surface area contributed by atoms with Crippen LogP contribution in [0.4, 0.5) is 0 Å². The molecule has 3 aromatic heterocycles. The van der Waals surface area contributed by atoms with Crippen LogP contribution >= 0.6 is 23.1 Å². The Labute approximate surface area is 117 Å². The molecule has 0 atom stereocenters. The smallest absolute Gasteiger partial charge is 0.275 e. The topological polar surface area (TPSA) is 60.4 Å². The number of rotatable bonds is 4. The fourth-order valence-electron chi connectivity index (χ4n) is 1.68. The summed E-state index contributed by atoms with van der Waals surface area (Å²) in [6.07, 6.45) is 1.66. The molecule has 0 aliphatic rings. The molecule has 0 N–H and O–H groups in total. The van der Waals surface area contributed by atoms with Crippen molar-refractivity contribution in [3.8, 4) is 0 Å². The number of furan rings is 1. The zero-order valence-electron chi connectivity index (χ0n) is 10.2.